The first-order chi connectivity index (χ1) is 11.5. The van der Waals surface area contributed by atoms with Crippen LogP contribution in [0.25, 0.3) is 0 Å². The van der Waals surface area contributed by atoms with Gasteiger partial charge in [0.1, 0.15) is 6.10 Å². The Balaban J connectivity index is 2.04. The molecular formula is C19H29ClO4Si. The molecule has 0 heterocycles. The molecule has 0 bridgehead atoms. The van der Waals surface area contributed by atoms with Crippen molar-refractivity contribution >= 4 is 25.2 Å². The van der Waals surface area contributed by atoms with Crippen LogP contribution in [0.5, 0.6) is 11.5 Å². The number of hydrogen-bond donors (Lipinski definition) is 0. The Bertz CT molecular complexity index is 624. The van der Waals surface area contributed by atoms with Crippen LogP contribution in [0.1, 0.15) is 50.4 Å². The summed E-state index contributed by atoms with van der Waals surface area (Å²) in [6, 6.07) is 5.00. The maximum atomic E-state index is 11.4. The van der Waals surface area contributed by atoms with Crippen molar-refractivity contribution in [1.29, 1.82) is 0 Å². The quantitative estimate of drug-likeness (QED) is 0.486. The van der Waals surface area contributed by atoms with E-state index in [2.05, 4.69) is 33.9 Å². The van der Waals surface area contributed by atoms with Gasteiger partial charge in [0, 0.05) is 18.1 Å². The van der Waals surface area contributed by atoms with Gasteiger partial charge in [-0.15, -0.1) is 0 Å². The summed E-state index contributed by atoms with van der Waals surface area (Å²) in [5.74, 6) is 1.17. The number of hydrogen-bond acceptors (Lipinski definition) is 4. The van der Waals surface area contributed by atoms with Crippen LogP contribution in [-0.4, -0.2) is 32.9 Å². The van der Waals surface area contributed by atoms with Crippen molar-refractivity contribution in [2.24, 2.45) is 0 Å². The first-order valence-electron chi connectivity index (χ1n) is 8.76. The van der Waals surface area contributed by atoms with E-state index in [4.69, 9.17) is 25.5 Å². The third-order valence-electron chi connectivity index (χ3n) is 5.29. The van der Waals surface area contributed by atoms with E-state index in [1.54, 1.807) is 25.3 Å². The van der Waals surface area contributed by atoms with Gasteiger partial charge in [0.2, 0.25) is 0 Å². The second-order valence-electron chi connectivity index (χ2n) is 8.19. The maximum absolute atomic E-state index is 11.4. The van der Waals surface area contributed by atoms with E-state index in [0.717, 1.165) is 19.3 Å². The summed E-state index contributed by atoms with van der Waals surface area (Å²) in [6.45, 7) is 11.3. The van der Waals surface area contributed by atoms with Gasteiger partial charge in [0.25, 0.3) is 5.24 Å². The van der Waals surface area contributed by atoms with Gasteiger partial charge in [-0.25, -0.2) is 0 Å². The van der Waals surface area contributed by atoms with Crippen LogP contribution in [0.2, 0.25) is 18.1 Å². The topological polar surface area (TPSA) is 44.8 Å². The Morgan fingerprint density at radius 1 is 1.16 bits per heavy atom. The Morgan fingerprint density at radius 3 is 2.36 bits per heavy atom. The zero-order chi connectivity index (χ0) is 18.8. The molecule has 2 rings (SSSR count). The van der Waals surface area contributed by atoms with Crippen molar-refractivity contribution in [3.63, 3.8) is 0 Å². The van der Waals surface area contributed by atoms with Gasteiger partial charge in [-0.1, -0.05) is 20.8 Å². The van der Waals surface area contributed by atoms with Crippen LogP contribution >= 0.6 is 11.6 Å². The number of halogens is 1. The minimum absolute atomic E-state index is 0.0596. The highest BCUT2D eigenvalue weighted by Crippen LogP contribution is 2.40. The molecule has 1 aromatic rings. The molecule has 0 saturated heterocycles. The molecule has 0 unspecified atom stereocenters. The van der Waals surface area contributed by atoms with Crippen molar-refractivity contribution < 1.29 is 18.7 Å². The average molecular weight is 385 g/mol. The number of rotatable bonds is 6. The molecule has 1 fully saturated rings. The zero-order valence-corrected chi connectivity index (χ0v) is 17.8. The Kier molecular flexibility index (Phi) is 6.23. The fraction of sp³-hybridized carbons (Fsp3) is 0.632. The molecule has 0 radical (unpaired) electrons. The fourth-order valence-corrected chi connectivity index (χ4v) is 4.30. The third-order valence-corrected chi connectivity index (χ3v) is 10.0. The molecule has 1 saturated carbocycles. The molecular weight excluding hydrogens is 356 g/mol. The van der Waals surface area contributed by atoms with Crippen LogP contribution < -0.4 is 9.47 Å². The molecule has 4 nitrogen and oxygen atoms in total. The highest BCUT2D eigenvalue weighted by Gasteiger charge is 2.41. The molecule has 1 aliphatic rings. The van der Waals surface area contributed by atoms with Crippen LogP contribution in [0, 0.1) is 0 Å². The van der Waals surface area contributed by atoms with E-state index in [1.165, 1.54) is 0 Å². The van der Waals surface area contributed by atoms with Crippen molar-refractivity contribution in [3.8, 4) is 11.5 Å². The van der Waals surface area contributed by atoms with Crippen LogP contribution in [-0.2, 0) is 4.43 Å². The monoisotopic (exact) mass is 384 g/mol. The lowest BCUT2D eigenvalue weighted by molar-refractivity contribution is 0.107. The fourth-order valence-electron chi connectivity index (χ4n) is 2.78. The second kappa shape index (κ2) is 7.68. The lowest BCUT2D eigenvalue weighted by Gasteiger charge is -2.38. The predicted octanol–water partition coefficient (Wildman–Crippen LogP) is 5.40. The number of benzene rings is 1. The highest BCUT2D eigenvalue weighted by atomic mass is 35.5. The molecule has 0 aromatic heterocycles. The van der Waals surface area contributed by atoms with Crippen molar-refractivity contribution in [2.45, 2.75) is 70.4 Å². The van der Waals surface area contributed by atoms with Gasteiger partial charge in [-0.3, -0.25) is 4.79 Å². The summed E-state index contributed by atoms with van der Waals surface area (Å²) in [7, 11) is -0.190. The normalized spacial score (nSPS) is 21.2. The van der Waals surface area contributed by atoms with Gasteiger partial charge in [0.15, 0.2) is 19.8 Å². The van der Waals surface area contributed by atoms with Crippen LogP contribution in [0.4, 0.5) is 0 Å². The number of carbonyl (C=O) groups excluding carboxylic acids is 1. The lowest BCUT2D eigenvalue weighted by Crippen LogP contribution is -2.43. The molecule has 1 aliphatic carbocycles. The number of methoxy groups -OCH3 is 1. The largest absolute Gasteiger partial charge is 0.493 e. The molecule has 6 heteroatoms. The summed E-state index contributed by atoms with van der Waals surface area (Å²) in [6.07, 6.45) is 3.07. The Hall–Kier alpha value is -1.04. The van der Waals surface area contributed by atoms with Gasteiger partial charge in [-0.05, 0) is 60.8 Å². The Labute approximate surface area is 156 Å². The molecule has 1 aromatic carbocycles. The van der Waals surface area contributed by atoms with E-state index < -0.39 is 13.6 Å². The number of ether oxygens (including phenoxy) is 2. The van der Waals surface area contributed by atoms with Crippen LogP contribution in [0.3, 0.4) is 0 Å². The summed E-state index contributed by atoms with van der Waals surface area (Å²) < 4.78 is 18.0. The third kappa shape index (κ3) is 4.99. The number of carbonyl (C=O) groups is 1. The van der Waals surface area contributed by atoms with E-state index in [9.17, 15) is 4.79 Å². The minimum atomic E-state index is -1.78. The minimum Gasteiger partial charge on any atom is -0.493 e. The first-order valence-corrected chi connectivity index (χ1v) is 12.0. The molecule has 0 amide bonds. The first kappa shape index (κ1) is 20.3. The van der Waals surface area contributed by atoms with Crippen molar-refractivity contribution in [2.75, 3.05) is 7.11 Å². The van der Waals surface area contributed by atoms with Gasteiger partial charge in [0.05, 0.1) is 7.11 Å². The second-order valence-corrected chi connectivity index (χ2v) is 13.3. The van der Waals surface area contributed by atoms with E-state index >= 15 is 0 Å². The maximum Gasteiger partial charge on any atom is 0.252 e. The molecule has 2 atom stereocenters. The van der Waals surface area contributed by atoms with Crippen molar-refractivity contribution in [3.05, 3.63) is 23.8 Å². The van der Waals surface area contributed by atoms with Gasteiger partial charge < -0.3 is 13.9 Å². The summed E-state index contributed by atoms with van der Waals surface area (Å²) >= 11 is 5.58. The summed E-state index contributed by atoms with van der Waals surface area (Å²) in [4.78, 5) is 11.4. The molecule has 140 valence electrons. The van der Waals surface area contributed by atoms with E-state index in [1.807, 2.05) is 0 Å². The van der Waals surface area contributed by atoms with E-state index in [0.29, 0.717) is 17.1 Å². The zero-order valence-electron chi connectivity index (χ0n) is 16.0. The molecule has 0 spiro atoms. The SMILES string of the molecule is COc1ccc(C(=O)Cl)cc1O[C@@H]1CC[C@H](O[Si](C)(C)C(C)(C)C)C1. The van der Waals surface area contributed by atoms with Crippen molar-refractivity contribution in [1.82, 2.24) is 0 Å². The molecule has 0 aliphatic heterocycles. The molecule has 25 heavy (non-hydrogen) atoms. The Morgan fingerprint density at radius 2 is 1.80 bits per heavy atom. The smallest absolute Gasteiger partial charge is 0.252 e. The molecule has 0 N–H and O–H groups in total. The summed E-state index contributed by atoms with van der Waals surface area (Å²) in [5.41, 5.74) is 0.407. The standard InChI is InChI=1S/C19H29ClO4Si/c1-19(2,3)25(5,6)24-15-9-8-14(12-15)23-17-11-13(18(20)21)7-10-16(17)22-4/h7,10-11,14-15H,8-9,12H2,1-6H3/t14-,15+/m1/s1. The lowest BCUT2D eigenvalue weighted by atomic mass is 10.2. The van der Waals surface area contributed by atoms with Crippen LogP contribution in [0.15, 0.2) is 18.2 Å². The average Bonchev–Trinajstić information content (AvgIpc) is 2.92. The summed E-state index contributed by atoms with van der Waals surface area (Å²) in [5, 5.41) is -0.303. The van der Waals surface area contributed by atoms with Gasteiger partial charge >= 0.3 is 0 Å². The predicted molar refractivity (Wildman–Crippen MR) is 104 cm³/mol. The highest BCUT2D eigenvalue weighted by molar-refractivity contribution is 6.74. The van der Waals surface area contributed by atoms with E-state index in [-0.39, 0.29) is 17.2 Å². The van der Waals surface area contributed by atoms with Gasteiger partial charge in [-0.2, -0.15) is 0 Å².